The zero-order valence-corrected chi connectivity index (χ0v) is 14.0. The highest BCUT2D eigenvalue weighted by atomic mass is 35.5. The Morgan fingerprint density at radius 1 is 1.36 bits per heavy atom. The van der Waals surface area contributed by atoms with Crippen LogP contribution < -0.4 is 5.32 Å². The van der Waals surface area contributed by atoms with Gasteiger partial charge in [-0.2, -0.15) is 0 Å². The lowest BCUT2D eigenvalue weighted by Crippen LogP contribution is -2.52. The zero-order valence-electron chi connectivity index (χ0n) is 12.4. The van der Waals surface area contributed by atoms with Crippen LogP contribution in [0.1, 0.15) is 16.1 Å². The van der Waals surface area contributed by atoms with Crippen LogP contribution in [0.5, 0.6) is 0 Å². The minimum absolute atomic E-state index is 0.0472. The SMILES string of the molecule is O=C(NC[C@@H]([C@@H]1CCOC1)N1CCOCC1)c1ccc(Cl)s1. The summed E-state index contributed by atoms with van der Waals surface area (Å²) < 4.78 is 11.6. The van der Waals surface area contributed by atoms with Crippen LogP contribution in [0.15, 0.2) is 12.1 Å². The number of thiophene rings is 1. The van der Waals surface area contributed by atoms with E-state index in [2.05, 4.69) is 10.2 Å². The highest BCUT2D eigenvalue weighted by Crippen LogP contribution is 2.23. The topological polar surface area (TPSA) is 50.8 Å². The first-order valence-corrected chi connectivity index (χ1v) is 8.86. The van der Waals surface area contributed by atoms with Crippen LogP contribution in [0, 0.1) is 5.92 Å². The fourth-order valence-electron chi connectivity index (χ4n) is 3.08. The smallest absolute Gasteiger partial charge is 0.261 e. The molecule has 2 aliphatic heterocycles. The van der Waals surface area contributed by atoms with Gasteiger partial charge in [-0.15, -0.1) is 11.3 Å². The molecule has 5 nitrogen and oxygen atoms in total. The highest BCUT2D eigenvalue weighted by molar-refractivity contribution is 7.17. The molecule has 3 heterocycles. The number of morpholine rings is 1. The van der Waals surface area contributed by atoms with Crippen LogP contribution in [0.25, 0.3) is 0 Å². The van der Waals surface area contributed by atoms with Crippen LogP contribution >= 0.6 is 22.9 Å². The number of hydrogen-bond acceptors (Lipinski definition) is 5. The Morgan fingerprint density at radius 2 is 2.18 bits per heavy atom. The van der Waals surface area contributed by atoms with Crippen molar-refractivity contribution in [2.24, 2.45) is 5.92 Å². The summed E-state index contributed by atoms with van der Waals surface area (Å²) >= 11 is 7.20. The van der Waals surface area contributed by atoms with Crippen LogP contribution in [0.2, 0.25) is 4.34 Å². The molecule has 3 rings (SSSR count). The van der Waals surface area contributed by atoms with Gasteiger partial charge in [-0.05, 0) is 18.6 Å². The molecule has 0 radical (unpaired) electrons. The molecule has 2 aliphatic rings. The third-order valence-electron chi connectivity index (χ3n) is 4.29. The number of halogens is 1. The van der Waals surface area contributed by atoms with Gasteiger partial charge in [-0.1, -0.05) is 11.6 Å². The molecule has 0 saturated carbocycles. The number of carbonyl (C=O) groups excluding carboxylic acids is 1. The van der Waals surface area contributed by atoms with E-state index in [9.17, 15) is 4.79 Å². The number of amides is 1. The van der Waals surface area contributed by atoms with E-state index in [0.717, 1.165) is 45.9 Å². The number of hydrogen-bond donors (Lipinski definition) is 1. The quantitative estimate of drug-likeness (QED) is 0.886. The Hall–Kier alpha value is -0.660. The predicted molar refractivity (Wildman–Crippen MR) is 86.8 cm³/mol. The molecular formula is C15H21ClN2O3S. The minimum Gasteiger partial charge on any atom is -0.381 e. The minimum atomic E-state index is -0.0472. The van der Waals surface area contributed by atoms with E-state index < -0.39 is 0 Å². The lowest BCUT2D eigenvalue weighted by molar-refractivity contribution is 0.00167. The molecule has 2 fully saturated rings. The highest BCUT2D eigenvalue weighted by Gasteiger charge is 2.31. The number of nitrogens with zero attached hydrogens (tertiary/aromatic N) is 1. The van der Waals surface area contributed by atoms with E-state index in [1.54, 1.807) is 12.1 Å². The van der Waals surface area contributed by atoms with E-state index in [1.807, 2.05) is 0 Å². The average Bonchev–Trinajstić information content (AvgIpc) is 3.20. The van der Waals surface area contributed by atoms with Crippen LogP contribution in [-0.2, 0) is 9.47 Å². The molecule has 1 aromatic heterocycles. The second kappa shape index (κ2) is 7.75. The molecule has 2 saturated heterocycles. The summed E-state index contributed by atoms with van der Waals surface area (Å²) in [5, 5.41) is 3.06. The van der Waals surface area contributed by atoms with Gasteiger partial charge >= 0.3 is 0 Å². The van der Waals surface area contributed by atoms with E-state index >= 15 is 0 Å². The van der Waals surface area contributed by atoms with Crippen LogP contribution in [0.4, 0.5) is 0 Å². The van der Waals surface area contributed by atoms with E-state index in [1.165, 1.54) is 11.3 Å². The standard InChI is InChI=1S/C15H21ClN2O3S/c16-14-2-1-13(22-14)15(19)17-9-12(11-3-6-21-10-11)18-4-7-20-8-5-18/h1-2,11-12H,3-10H2,(H,17,19)/t11-,12+/m1/s1. The van der Waals surface area contributed by atoms with Crippen molar-refractivity contribution in [3.05, 3.63) is 21.3 Å². The largest absolute Gasteiger partial charge is 0.381 e. The summed E-state index contributed by atoms with van der Waals surface area (Å²) in [7, 11) is 0. The molecular weight excluding hydrogens is 324 g/mol. The molecule has 7 heteroatoms. The van der Waals surface area contributed by atoms with Gasteiger partial charge in [0.25, 0.3) is 5.91 Å². The fourth-order valence-corrected chi connectivity index (χ4v) is 4.04. The summed E-state index contributed by atoms with van der Waals surface area (Å²) in [5.74, 6) is 0.430. The summed E-state index contributed by atoms with van der Waals surface area (Å²) in [4.78, 5) is 15.3. The number of carbonyl (C=O) groups is 1. The fraction of sp³-hybridized carbons (Fsp3) is 0.667. The van der Waals surface area contributed by atoms with Crippen molar-refractivity contribution >= 4 is 28.8 Å². The van der Waals surface area contributed by atoms with Crippen molar-refractivity contribution in [3.63, 3.8) is 0 Å². The van der Waals surface area contributed by atoms with Crippen LogP contribution in [0.3, 0.4) is 0 Å². The Labute approximate surface area is 139 Å². The first kappa shape index (κ1) is 16.2. The Balaban J connectivity index is 1.60. The van der Waals surface area contributed by atoms with Gasteiger partial charge in [0.1, 0.15) is 0 Å². The average molecular weight is 345 g/mol. The van der Waals surface area contributed by atoms with Crippen molar-refractivity contribution in [1.82, 2.24) is 10.2 Å². The van der Waals surface area contributed by atoms with Crippen molar-refractivity contribution < 1.29 is 14.3 Å². The van der Waals surface area contributed by atoms with Gasteiger partial charge in [-0.3, -0.25) is 9.69 Å². The number of ether oxygens (including phenoxy) is 2. The molecule has 0 bridgehead atoms. The maximum atomic E-state index is 12.2. The maximum Gasteiger partial charge on any atom is 0.261 e. The molecule has 0 unspecified atom stereocenters. The number of nitrogens with one attached hydrogen (secondary N) is 1. The Kier molecular flexibility index (Phi) is 5.71. The summed E-state index contributed by atoms with van der Waals surface area (Å²) in [6.45, 7) is 5.60. The second-order valence-electron chi connectivity index (χ2n) is 5.65. The van der Waals surface area contributed by atoms with Crippen molar-refractivity contribution in [2.75, 3.05) is 46.1 Å². The summed E-state index contributed by atoms with van der Waals surface area (Å²) in [6, 6.07) is 3.83. The third-order valence-corrected chi connectivity index (χ3v) is 5.52. The van der Waals surface area contributed by atoms with E-state index in [0.29, 0.717) is 27.7 Å². The monoisotopic (exact) mass is 344 g/mol. The molecule has 122 valence electrons. The first-order chi connectivity index (χ1) is 10.7. The van der Waals surface area contributed by atoms with E-state index in [-0.39, 0.29) is 5.91 Å². The summed E-state index contributed by atoms with van der Waals surface area (Å²) in [6.07, 6.45) is 1.06. The Bertz CT molecular complexity index is 499. The predicted octanol–water partition coefficient (Wildman–Crippen LogP) is 1.87. The normalized spacial score (nSPS) is 24.3. The van der Waals surface area contributed by atoms with Crippen molar-refractivity contribution in [2.45, 2.75) is 12.5 Å². The molecule has 0 spiro atoms. The second-order valence-corrected chi connectivity index (χ2v) is 7.37. The molecule has 1 amide bonds. The first-order valence-electron chi connectivity index (χ1n) is 7.67. The molecule has 0 aromatic carbocycles. The van der Waals surface area contributed by atoms with Crippen molar-refractivity contribution in [1.29, 1.82) is 0 Å². The van der Waals surface area contributed by atoms with Gasteiger partial charge in [0.15, 0.2) is 0 Å². The Morgan fingerprint density at radius 3 is 2.82 bits per heavy atom. The maximum absolute atomic E-state index is 12.2. The lowest BCUT2D eigenvalue weighted by atomic mass is 9.97. The van der Waals surface area contributed by atoms with Gasteiger partial charge in [0.2, 0.25) is 0 Å². The molecule has 22 heavy (non-hydrogen) atoms. The third kappa shape index (κ3) is 4.00. The van der Waals surface area contributed by atoms with Gasteiger partial charge < -0.3 is 14.8 Å². The number of rotatable bonds is 5. The molecule has 1 N–H and O–H groups in total. The van der Waals surface area contributed by atoms with Crippen LogP contribution in [-0.4, -0.2) is 62.9 Å². The van der Waals surface area contributed by atoms with Gasteiger partial charge in [-0.25, -0.2) is 0 Å². The molecule has 0 aliphatic carbocycles. The van der Waals surface area contributed by atoms with Crippen molar-refractivity contribution in [3.8, 4) is 0 Å². The molecule has 1 aromatic rings. The van der Waals surface area contributed by atoms with Gasteiger partial charge in [0, 0.05) is 38.2 Å². The summed E-state index contributed by atoms with van der Waals surface area (Å²) in [5.41, 5.74) is 0. The zero-order chi connectivity index (χ0) is 15.4. The lowest BCUT2D eigenvalue weighted by Gasteiger charge is -2.37. The molecule has 2 atom stereocenters. The van der Waals surface area contributed by atoms with Gasteiger partial charge in [0.05, 0.1) is 29.0 Å². The van der Waals surface area contributed by atoms with E-state index in [4.69, 9.17) is 21.1 Å².